The Balaban J connectivity index is 0.000000963. The molecule has 0 radical (unpaired) electrons. The molecule has 3 rings (SSSR count). The first-order chi connectivity index (χ1) is 7.11. The normalized spacial score (nSPS) is 31.1. The third-order valence-corrected chi connectivity index (χ3v) is 3.97. The second kappa shape index (κ2) is 3.74. The van der Waals surface area contributed by atoms with Crippen molar-refractivity contribution in [3.8, 4) is 0 Å². The zero-order valence-corrected chi connectivity index (χ0v) is 10.7. The van der Waals surface area contributed by atoms with E-state index in [9.17, 15) is 0 Å². The molecule has 0 bridgehead atoms. The van der Waals surface area contributed by atoms with E-state index in [1.54, 1.807) is 0 Å². The van der Waals surface area contributed by atoms with E-state index in [2.05, 4.69) is 24.3 Å². The maximum atomic E-state index is 5.40. The Morgan fingerprint density at radius 1 is 1.44 bits per heavy atom. The lowest BCUT2D eigenvalue weighted by Crippen LogP contribution is -2.39. The zero-order chi connectivity index (χ0) is 10.5. The van der Waals surface area contributed by atoms with Gasteiger partial charge < -0.3 is 9.84 Å². The van der Waals surface area contributed by atoms with Gasteiger partial charge in [-0.15, -0.1) is 12.4 Å². The average molecular weight is 243 g/mol. The monoisotopic (exact) mass is 242 g/mol. The Bertz CT molecular complexity index is 380. The van der Waals surface area contributed by atoms with E-state index in [4.69, 9.17) is 4.52 Å². The highest BCUT2D eigenvalue weighted by atomic mass is 35.5. The molecule has 1 atom stereocenters. The van der Waals surface area contributed by atoms with Crippen LogP contribution in [0.1, 0.15) is 38.0 Å². The van der Waals surface area contributed by atoms with Gasteiger partial charge in [0.1, 0.15) is 5.76 Å². The fraction of sp³-hybridized carbons (Fsp3) is 0.750. The van der Waals surface area contributed by atoms with Gasteiger partial charge in [-0.25, -0.2) is 0 Å². The van der Waals surface area contributed by atoms with Gasteiger partial charge in [-0.05, 0) is 31.2 Å². The van der Waals surface area contributed by atoms with Gasteiger partial charge in [-0.2, -0.15) is 0 Å². The largest absolute Gasteiger partial charge is 0.361 e. The topological polar surface area (TPSA) is 38.1 Å². The van der Waals surface area contributed by atoms with Gasteiger partial charge in [0.15, 0.2) is 0 Å². The minimum absolute atomic E-state index is 0. The molecule has 1 unspecified atom stereocenters. The van der Waals surface area contributed by atoms with Crippen molar-refractivity contribution in [2.45, 2.75) is 38.5 Å². The minimum Gasteiger partial charge on any atom is -0.361 e. The molecule has 4 heteroatoms. The van der Waals surface area contributed by atoms with Crippen molar-refractivity contribution in [3.05, 3.63) is 17.5 Å². The van der Waals surface area contributed by atoms with Crippen LogP contribution in [0.25, 0.3) is 0 Å². The van der Waals surface area contributed by atoms with Crippen LogP contribution in [0.5, 0.6) is 0 Å². The molecule has 0 saturated carbocycles. The average Bonchev–Trinajstić information content (AvgIpc) is 2.74. The van der Waals surface area contributed by atoms with Crippen LogP contribution in [0.2, 0.25) is 0 Å². The van der Waals surface area contributed by atoms with E-state index in [1.165, 1.54) is 18.4 Å². The fourth-order valence-electron chi connectivity index (χ4n) is 3.53. The first-order valence-corrected chi connectivity index (χ1v) is 5.76. The molecule has 0 aromatic carbocycles. The summed E-state index contributed by atoms with van der Waals surface area (Å²) in [5.41, 5.74) is 1.94. The highest BCUT2D eigenvalue weighted by Crippen LogP contribution is 2.48. The Hall–Kier alpha value is -0.540. The fourth-order valence-corrected chi connectivity index (χ4v) is 3.53. The van der Waals surface area contributed by atoms with E-state index in [1.807, 2.05) is 6.20 Å². The molecule has 1 aromatic rings. The summed E-state index contributed by atoms with van der Waals surface area (Å²) in [6, 6.07) is 0. The van der Waals surface area contributed by atoms with Crippen molar-refractivity contribution < 1.29 is 4.52 Å². The minimum atomic E-state index is 0. The van der Waals surface area contributed by atoms with Crippen molar-refractivity contribution >= 4 is 12.4 Å². The lowest BCUT2D eigenvalue weighted by Gasteiger charge is -2.40. The lowest BCUT2D eigenvalue weighted by molar-refractivity contribution is 0.173. The molecule has 3 nitrogen and oxygen atoms in total. The van der Waals surface area contributed by atoms with Crippen molar-refractivity contribution in [3.63, 3.8) is 0 Å². The van der Waals surface area contributed by atoms with E-state index in [-0.39, 0.29) is 17.8 Å². The highest BCUT2D eigenvalue weighted by molar-refractivity contribution is 5.85. The Morgan fingerprint density at radius 3 is 2.94 bits per heavy atom. The van der Waals surface area contributed by atoms with Gasteiger partial charge in [0.05, 0.1) is 6.20 Å². The third kappa shape index (κ3) is 1.66. The van der Waals surface area contributed by atoms with Gasteiger partial charge in [0, 0.05) is 17.5 Å². The quantitative estimate of drug-likeness (QED) is 0.759. The van der Waals surface area contributed by atoms with E-state index in [0.717, 1.165) is 25.3 Å². The van der Waals surface area contributed by atoms with Crippen molar-refractivity contribution in [1.82, 2.24) is 10.5 Å². The number of halogens is 1. The predicted octanol–water partition coefficient (Wildman–Crippen LogP) is 2.30. The second-order valence-electron chi connectivity index (χ2n) is 5.84. The molecule has 16 heavy (non-hydrogen) atoms. The molecule has 1 saturated heterocycles. The first-order valence-electron chi connectivity index (χ1n) is 5.76. The molecule has 1 spiro atoms. The molecule has 2 heterocycles. The van der Waals surface area contributed by atoms with Crippen LogP contribution in [-0.2, 0) is 11.8 Å². The smallest absolute Gasteiger partial charge is 0.145 e. The maximum absolute atomic E-state index is 5.40. The van der Waals surface area contributed by atoms with Crippen LogP contribution < -0.4 is 5.32 Å². The van der Waals surface area contributed by atoms with Crippen LogP contribution in [0, 0.1) is 5.41 Å². The van der Waals surface area contributed by atoms with Crippen LogP contribution in [0.15, 0.2) is 10.7 Å². The number of fused-ring (bicyclic) bond motifs is 1. The summed E-state index contributed by atoms with van der Waals surface area (Å²) in [6.07, 6.45) is 5.56. The first kappa shape index (κ1) is 11.9. The Labute approximate surface area is 102 Å². The Kier molecular flexibility index (Phi) is 2.79. The summed E-state index contributed by atoms with van der Waals surface area (Å²) in [4.78, 5) is 0. The number of nitrogens with zero attached hydrogens (tertiary/aromatic N) is 1. The van der Waals surface area contributed by atoms with Gasteiger partial charge in [-0.1, -0.05) is 19.0 Å². The molecule has 90 valence electrons. The number of nitrogens with one attached hydrogen (secondary N) is 1. The number of hydrogen-bond acceptors (Lipinski definition) is 3. The van der Waals surface area contributed by atoms with Gasteiger partial charge >= 0.3 is 0 Å². The van der Waals surface area contributed by atoms with Gasteiger partial charge in [-0.3, -0.25) is 0 Å². The zero-order valence-electron chi connectivity index (χ0n) is 9.88. The second-order valence-corrected chi connectivity index (χ2v) is 5.84. The lowest BCUT2D eigenvalue weighted by atomic mass is 9.63. The Morgan fingerprint density at radius 2 is 2.25 bits per heavy atom. The molecule has 1 fully saturated rings. The van der Waals surface area contributed by atoms with Crippen molar-refractivity contribution in [2.24, 2.45) is 5.41 Å². The molecular weight excluding hydrogens is 224 g/mol. The van der Waals surface area contributed by atoms with E-state index < -0.39 is 0 Å². The summed E-state index contributed by atoms with van der Waals surface area (Å²) < 4.78 is 5.40. The van der Waals surface area contributed by atoms with Gasteiger partial charge in [0.2, 0.25) is 0 Å². The van der Waals surface area contributed by atoms with Gasteiger partial charge in [0.25, 0.3) is 0 Å². The van der Waals surface area contributed by atoms with Crippen LogP contribution >= 0.6 is 12.4 Å². The van der Waals surface area contributed by atoms with E-state index >= 15 is 0 Å². The molecule has 1 aromatic heterocycles. The molecule has 1 N–H and O–H groups in total. The molecule has 1 aliphatic carbocycles. The van der Waals surface area contributed by atoms with Crippen LogP contribution in [0.4, 0.5) is 0 Å². The maximum Gasteiger partial charge on any atom is 0.145 e. The predicted molar refractivity (Wildman–Crippen MR) is 65.0 cm³/mol. The molecule has 0 amide bonds. The summed E-state index contributed by atoms with van der Waals surface area (Å²) >= 11 is 0. The SMILES string of the molecule is CC1(C)CC2(CCNC2)Cc2cnoc21.Cl. The van der Waals surface area contributed by atoms with Crippen LogP contribution in [-0.4, -0.2) is 18.2 Å². The van der Waals surface area contributed by atoms with Crippen LogP contribution in [0.3, 0.4) is 0 Å². The number of aromatic nitrogens is 1. The van der Waals surface area contributed by atoms with Crippen molar-refractivity contribution in [2.75, 3.05) is 13.1 Å². The summed E-state index contributed by atoms with van der Waals surface area (Å²) in [5, 5.41) is 7.45. The standard InChI is InChI=1S/C12H18N2O.ClH/c1-11(2)7-12(3-4-13-8-12)5-9-6-14-15-10(9)11;/h6,13H,3-5,7-8H2,1-2H3;1H. The summed E-state index contributed by atoms with van der Waals surface area (Å²) in [7, 11) is 0. The third-order valence-electron chi connectivity index (χ3n) is 3.97. The van der Waals surface area contributed by atoms with E-state index in [0.29, 0.717) is 5.41 Å². The molecule has 1 aliphatic heterocycles. The molecule has 2 aliphatic rings. The molecular formula is C12H19ClN2O. The summed E-state index contributed by atoms with van der Waals surface area (Å²) in [6.45, 7) is 6.87. The summed E-state index contributed by atoms with van der Waals surface area (Å²) in [5.74, 6) is 1.11. The highest BCUT2D eigenvalue weighted by Gasteiger charge is 2.46. The number of rotatable bonds is 0. The van der Waals surface area contributed by atoms with Crippen molar-refractivity contribution in [1.29, 1.82) is 0 Å². The number of hydrogen-bond donors (Lipinski definition) is 1.